The van der Waals surface area contributed by atoms with E-state index in [0.29, 0.717) is 16.5 Å². The van der Waals surface area contributed by atoms with Gasteiger partial charge in [-0.05, 0) is 12.5 Å². The topological polar surface area (TPSA) is 26.3 Å². The molecular weight excluding hydrogens is 208 g/mol. The van der Waals surface area contributed by atoms with Gasteiger partial charge in [-0.15, -0.1) is 11.3 Å². The zero-order valence-electron chi connectivity index (χ0n) is 7.38. The Bertz CT molecular complexity index is 283. The van der Waals surface area contributed by atoms with Gasteiger partial charge in [-0.1, -0.05) is 24.9 Å². The van der Waals surface area contributed by atoms with Crippen molar-refractivity contribution in [3.8, 4) is 0 Å². The molecule has 0 bridgehead atoms. The Morgan fingerprint density at radius 2 is 2.46 bits per heavy atom. The van der Waals surface area contributed by atoms with Crippen LogP contribution < -0.4 is 0 Å². The molecule has 2 nitrogen and oxygen atoms in total. The van der Waals surface area contributed by atoms with Crippen LogP contribution in [0, 0.1) is 0 Å². The van der Waals surface area contributed by atoms with Crippen LogP contribution in [0.1, 0.15) is 29.4 Å². The first-order valence-corrected chi connectivity index (χ1v) is 5.41. The van der Waals surface area contributed by atoms with Gasteiger partial charge in [-0.3, -0.25) is 0 Å². The summed E-state index contributed by atoms with van der Waals surface area (Å²) in [6.45, 7) is 2.54. The van der Waals surface area contributed by atoms with Gasteiger partial charge in [0.15, 0.2) is 0 Å². The summed E-state index contributed by atoms with van der Waals surface area (Å²) in [5.74, 6) is -0.273. The summed E-state index contributed by atoms with van der Waals surface area (Å²) in [5, 5.41) is 2.31. The first-order chi connectivity index (χ1) is 6.24. The van der Waals surface area contributed by atoms with Crippen molar-refractivity contribution in [2.24, 2.45) is 0 Å². The van der Waals surface area contributed by atoms with Crippen LogP contribution >= 0.6 is 22.9 Å². The zero-order chi connectivity index (χ0) is 9.68. The fourth-order valence-corrected chi connectivity index (χ4v) is 1.77. The molecule has 0 aliphatic carbocycles. The lowest BCUT2D eigenvalue weighted by Crippen LogP contribution is -2.03. The minimum Gasteiger partial charge on any atom is -0.462 e. The molecule has 1 heterocycles. The predicted octanol–water partition coefficient (Wildman–Crippen LogP) is 3.36. The maximum Gasteiger partial charge on any atom is 0.348 e. The van der Waals surface area contributed by atoms with Gasteiger partial charge in [-0.25, -0.2) is 4.79 Å². The quantitative estimate of drug-likeness (QED) is 0.572. The van der Waals surface area contributed by atoms with Crippen molar-refractivity contribution in [2.45, 2.75) is 19.8 Å². The number of rotatable bonds is 4. The molecule has 0 unspecified atom stereocenters. The fourth-order valence-electron chi connectivity index (χ4n) is 0.800. The fraction of sp³-hybridized carbons (Fsp3) is 0.444. The molecule has 0 atom stereocenters. The maximum absolute atomic E-state index is 11.3. The molecule has 0 fully saturated rings. The number of unbranched alkanes of at least 4 members (excludes halogenated alkanes) is 1. The third-order valence-corrected chi connectivity index (χ3v) is 2.76. The highest BCUT2D eigenvalue weighted by Crippen LogP contribution is 2.19. The van der Waals surface area contributed by atoms with E-state index >= 15 is 0 Å². The summed E-state index contributed by atoms with van der Waals surface area (Å²) < 4.78 is 4.99. The lowest BCUT2D eigenvalue weighted by molar-refractivity contribution is 0.0505. The molecule has 4 heteroatoms. The van der Waals surface area contributed by atoms with Crippen molar-refractivity contribution in [3.05, 3.63) is 21.3 Å². The van der Waals surface area contributed by atoms with Crippen LogP contribution in [0.25, 0.3) is 0 Å². The van der Waals surface area contributed by atoms with Gasteiger partial charge < -0.3 is 4.74 Å². The maximum atomic E-state index is 11.3. The minimum absolute atomic E-state index is 0.273. The molecule has 0 amide bonds. The predicted molar refractivity (Wildman–Crippen MR) is 54.5 cm³/mol. The summed E-state index contributed by atoms with van der Waals surface area (Å²) in [6, 6.07) is 1.63. The number of hydrogen-bond acceptors (Lipinski definition) is 3. The minimum atomic E-state index is -0.273. The van der Waals surface area contributed by atoms with E-state index in [9.17, 15) is 4.79 Å². The third-order valence-electron chi connectivity index (χ3n) is 1.50. The molecular formula is C9H11ClO2S. The second-order valence-electron chi connectivity index (χ2n) is 2.62. The second kappa shape index (κ2) is 5.25. The van der Waals surface area contributed by atoms with Gasteiger partial charge in [0, 0.05) is 5.38 Å². The van der Waals surface area contributed by atoms with Crippen LogP contribution in [0.15, 0.2) is 11.4 Å². The molecule has 0 aromatic carbocycles. The first kappa shape index (κ1) is 10.5. The van der Waals surface area contributed by atoms with Gasteiger partial charge in [0.05, 0.1) is 11.6 Å². The van der Waals surface area contributed by atoms with Crippen LogP contribution in [0.3, 0.4) is 0 Å². The van der Waals surface area contributed by atoms with Crippen LogP contribution in [0.4, 0.5) is 0 Å². The molecule has 0 N–H and O–H groups in total. The van der Waals surface area contributed by atoms with Crippen molar-refractivity contribution in [3.63, 3.8) is 0 Å². The molecule has 1 rings (SSSR count). The molecule has 13 heavy (non-hydrogen) atoms. The SMILES string of the molecule is CCCCOC(=O)c1cc(Cl)cs1. The standard InChI is InChI=1S/C9H11ClO2S/c1-2-3-4-12-9(11)8-5-7(10)6-13-8/h5-6H,2-4H2,1H3. The Morgan fingerprint density at radius 3 is 3.00 bits per heavy atom. The van der Waals surface area contributed by atoms with Gasteiger partial charge in [-0.2, -0.15) is 0 Å². The number of carbonyl (C=O) groups excluding carboxylic acids is 1. The van der Waals surface area contributed by atoms with Gasteiger partial charge in [0.2, 0.25) is 0 Å². The first-order valence-electron chi connectivity index (χ1n) is 4.15. The number of esters is 1. The highest BCUT2D eigenvalue weighted by Gasteiger charge is 2.08. The molecule has 0 radical (unpaired) electrons. The Hall–Kier alpha value is -0.540. The summed E-state index contributed by atoms with van der Waals surface area (Å²) in [5.41, 5.74) is 0. The smallest absolute Gasteiger partial charge is 0.348 e. The second-order valence-corrected chi connectivity index (χ2v) is 3.97. The Morgan fingerprint density at radius 1 is 1.69 bits per heavy atom. The van der Waals surface area contributed by atoms with E-state index in [2.05, 4.69) is 6.92 Å². The summed E-state index contributed by atoms with van der Waals surface area (Å²) in [4.78, 5) is 11.8. The van der Waals surface area contributed by atoms with Crippen molar-refractivity contribution in [1.82, 2.24) is 0 Å². The van der Waals surface area contributed by atoms with Crippen LogP contribution in [-0.4, -0.2) is 12.6 Å². The molecule has 0 saturated carbocycles. The number of carbonyl (C=O) groups is 1. The van der Waals surface area contributed by atoms with Crippen LogP contribution in [-0.2, 0) is 4.74 Å². The zero-order valence-corrected chi connectivity index (χ0v) is 8.95. The van der Waals surface area contributed by atoms with E-state index in [1.54, 1.807) is 11.4 Å². The van der Waals surface area contributed by atoms with Crippen LogP contribution in [0.5, 0.6) is 0 Å². The van der Waals surface area contributed by atoms with Gasteiger partial charge in [0.25, 0.3) is 0 Å². The van der Waals surface area contributed by atoms with E-state index in [0.717, 1.165) is 12.8 Å². The Labute approximate surface area is 86.5 Å². The average Bonchev–Trinajstić information content (AvgIpc) is 2.52. The molecule has 0 spiro atoms. The van der Waals surface area contributed by atoms with E-state index < -0.39 is 0 Å². The van der Waals surface area contributed by atoms with Crippen molar-refractivity contribution < 1.29 is 9.53 Å². The number of thiophene rings is 1. The van der Waals surface area contributed by atoms with Crippen molar-refractivity contribution >= 4 is 28.9 Å². The van der Waals surface area contributed by atoms with E-state index in [1.165, 1.54) is 11.3 Å². The summed E-state index contributed by atoms with van der Waals surface area (Å²) >= 11 is 6.98. The Balaban J connectivity index is 2.40. The average molecular weight is 219 g/mol. The molecule has 1 aromatic heterocycles. The van der Waals surface area contributed by atoms with Crippen molar-refractivity contribution in [1.29, 1.82) is 0 Å². The van der Waals surface area contributed by atoms with Crippen molar-refractivity contribution in [2.75, 3.05) is 6.61 Å². The number of hydrogen-bond donors (Lipinski definition) is 0. The monoisotopic (exact) mass is 218 g/mol. The van der Waals surface area contributed by atoms with E-state index in [-0.39, 0.29) is 5.97 Å². The van der Waals surface area contributed by atoms with Crippen LogP contribution in [0.2, 0.25) is 5.02 Å². The number of ether oxygens (including phenoxy) is 1. The highest BCUT2D eigenvalue weighted by atomic mass is 35.5. The molecule has 0 aliphatic heterocycles. The lowest BCUT2D eigenvalue weighted by Gasteiger charge is -2.00. The lowest BCUT2D eigenvalue weighted by atomic mass is 10.4. The van der Waals surface area contributed by atoms with E-state index in [1.807, 2.05) is 0 Å². The highest BCUT2D eigenvalue weighted by molar-refractivity contribution is 7.12. The summed E-state index contributed by atoms with van der Waals surface area (Å²) in [7, 11) is 0. The molecule has 0 saturated heterocycles. The summed E-state index contributed by atoms with van der Waals surface area (Å²) in [6.07, 6.45) is 1.93. The van der Waals surface area contributed by atoms with Gasteiger partial charge >= 0.3 is 5.97 Å². The molecule has 1 aromatic rings. The third kappa shape index (κ3) is 3.36. The molecule has 0 aliphatic rings. The largest absolute Gasteiger partial charge is 0.462 e. The number of halogens is 1. The van der Waals surface area contributed by atoms with Gasteiger partial charge in [0.1, 0.15) is 4.88 Å². The Kier molecular flexibility index (Phi) is 4.25. The van der Waals surface area contributed by atoms with E-state index in [4.69, 9.17) is 16.3 Å². The molecule has 72 valence electrons. The normalized spacial score (nSPS) is 10.0.